The van der Waals surface area contributed by atoms with Crippen LogP contribution < -0.4 is 5.32 Å². The predicted octanol–water partition coefficient (Wildman–Crippen LogP) is 2.47. The molecule has 1 aromatic rings. The second-order valence-corrected chi connectivity index (χ2v) is 4.15. The van der Waals surface area contributed by atoms with Crippen molar-refractivity contribution < 1.29 is 27.4 Å². The van der Waals surface area contributed by atoms with Crippen molar-refractivity contribution in [3.63, 3.8) is 0 Å². The Morgan fingerprint density at radius 3 is 2.68 bits per heavy atom. The molecule has 0 aliphatic rings. The monoisotopic (exact) mass is 318 g/mol. The molecule has 0 aliphatic heterocycles. The maximum atomic E-state index is 12.6. The van der Waals surface area contributed by atoms with Gasteiger partial charge in [-0.15, -0.1) is 0 Å². The molecule has 0 aliphatic carbocycles. The average Bonchev–Trinajstić information content (AvgIpc) is 2.47. The fourth-order valence-corrected chi connectivity index (χ4v) is 1.50. The first kappa shape index (κ1) is 18.0. The number of hydrogen-bond donors (Lipinski definition) is 1. The van der Waals surface area contributed by atoms with Gasteiger partial charge in [-0.05, 0) is 25.1 Å². The number of benzene rings is 1. The summed E-state index contributed by atoms with van der Waals surface area (Å²) in [5, 5.41) is 2.34. The number of halogens is 3. The standard InChI is InChI=1S/C14H17F3N2O3/c1-3-22-13(18-7-8-21-2)19-12(20)10-5-4-6-11(9-10)14(15,16)17/h4-6,9H,3,7-8H2,1-2H3,(H,18,19,20). The lowest BCUT2D eigenvalue weighted by Crippen LogP contribution is -2.33. The summed E-state index contributed by atoms with van der Waals surface area (Å²) >= 11 is 0. The number of carbonyl (C=O) groups is 1. The first-order valence-electron chi connectivity index (χ1n) is 6.53. The van der Waals surface area contributed by atoms with Crippen LogP contribution in [0.1, 0.15) is 22.8 Å². The van der Waals surface area contributed by atoms with E-state index >= 15 is 0 Å². The van der Waals surface area contributed by atoms with Crippen LogP contribution in [-0.2, 0) is 15.7 Å². The van der Waals surface area contributed by atoms with Crippen LogP contribution in [0, 0.1) is 0 Å². The molecule has 0 fully saturated rings. The molecular weight excluding hydrogens is 301 g/mol. The quantitative estimate of drug-likeness (QED) is 0.515. The Kier molecular flexibility index (Phi) is 6.84. The molecule has 0 heterocycles. The third-order valence-corrected chi connectivity index (χ3v) is 2.50. The highest BCUT2D eigenvalue weighted by Gasteiger charge is 2.30. The number of nitrogens with zero attached hydrogens (tertiary/aromatic N) is 1. The van der Waals surface area contributed by atoms with Crippen LogP contribution in [-0.4, -0.2) is 38.8 Å². The van der Waals surface area contributed by atoms with E-state index in [0.717, 1.165) is 12.1 Å². The number of amidine groups is 1. The van der Waals surface area contributed by atoms with Crippen LogP contribution in [0.15, 0.2) is 29.3 Å². The Labute approximate surface area is 126 Å². The molecule has 122 valence electrons. The summed E-state index contributed by atoms with van der Waals surface area (Å²) in [5.41, 5.74) is -1.02. The van der Waals surface area contributed by atoms with E-state index in [-0.39, 0.29) is 24.7 Å². The van der Waals surface area contributed by atoms with E-state index in [9.17, 15) is 18.0 Å². The lowest BCUT2D eigenvalue weighted by molar-refractivity contribution is -0.137. The van der Waals surface area contributed by atoms with Crippen LogP contribution in [0.5, 0.6) is 0 Å². The van der Waals surface area contributed by atoms with E-state index < -0.39 is 17.6 Å². The molecule has 0 radical (unpaired) electrons. The lowest BCUT2D eigenvalue weighted by atomic mass is 10.1. The van der Waals surface area contributed by atoms with Crippen molar-refractivity contribution >= 4 is 11.9 Å². The zero-order valence-electron chi connectivity index (χ0n) is 12.2. The minimum absolute atomic E-state index is 0.0537. The van der Waals surface area contributed by atoms with E-state index in [1.54, 1.807) is 6.92 Å². The summed E-state index contributed by atoms with van der Waals surface area (Å²) in [6, 6.07) is 4.06. The number of ether oxygens (including phenoxy) is 2. The number of alkyl halides is 3. The zero-order valence-corrected chi connectivity index (χ0v) is 12.2. The van der Waals surface area contributed by atoms with Gasteiger partial charge in [-0.2, -0.15) is 13.2 Å². The minimum atomic E-state index is -4.51. The van der Waals surface area contributed by atoms with Crippen LogP contribution in [0.2, 0.25) is 0 Å². The fraction of sp³-hybridized carbons (Fsp3) is 0.429. The molecule has 0 saturated carbocycles. The molecule has 0 aromatic heterocycles. The van der Waals surface area contributed by atoms with E-state index in [0.29, 0.717) is 6.61 Å². The average molecular weight is 318 g/mol. The summed E-state index contributed by atoms with van der Waals surface area (Å²) < 4.78 is 47.8. The van der Waals surface area contributed by atoms with Gasteiger partial charge in [-0.1, -0.05) is 6.07 Å². The van der Waals surface area contributed by atoms with E-state index in [4.69, 9.17) is 9.47 Å². The maximum Gasteiger partial charge on any atom is 0.416 e. The van der Waals surface area contributed by atoms with Gasteiger partial charge < -0.3 is 9.47 Å². The second kappa shape index (κ2) is 8.38. The van der Waals surface area contributed by atoms with E-state index in [1.807, 2.05) is 0 Å². The summed E-state index contributed by atoms with van der Waals surface area (Å²) in [6.45, 7) is 2.54. The van der Waals surface area contributed by atoms with Crippen molar-refractivity contribution in [2.45, 2.75) is 13.1 Å². The third-order valence-electron chi connectivity index (χ3n) is 2.50. The number of amides is 1. The molecule has 0 saturated heterocycles. The lowest BCUT2D eigenvalue weighted by Gasteiger charge is -2.11. The van der Waals surface area contributed by atoms with Gasteiger partial charge in [0.25, 0.3) is 11.9 Å². The maximum absolute atomic E-state index is 12.6. The topological polar surface area (TPSA) is 59.9 Å². The van der Waals surface area contributed by atoms with Crippen molar-refractivity contribution in [1.29, 1.82) is 0 Å². The van der Waals surface area contributed by atoms with Gasteiger partial charge in [0.15, 0.2) is 0 Å². The van der Waals surface area contributed by atoms with Gasteiger partial charge in [0.1, 0.15) is 0 Å². The van der Waals surface area contributed by atoms with Crippen LogP contribution >= 0.6 is 0 Å². The molecule has 8 heteroatoms. The highest BCUT2D eigenvalue weighted by Crippen LogP contribution is 2.29. The molecule has 0 spiro atoms. The molecule has 0 atom stereocenters. The summed E-state index contributed by atoms with van der Waals surface area (Å²) in [6.07, 6.45) is -4.51. The summed E-state index contributed by atoms with van der Waals surface area (Å²) in [7, 11) is 1.50. The van der Waals surface area contributed by atoms with Gasteiger partial charge in [0.2, 0.25) is 0 Å². The Balaban J connectivity index is 2.84. The number of hydrogen-bond acceptors (Lipinski definition) is 4. The number of nitrogens with one attached hydrogen (secondary N) is 1. The van der Waals surface area contributed by atoms with Crippen LogP contribution in [0.3, 0.4) is 0 Å². The van der Waals surface area contributed by atoms with Crippen molar-refractivity contribution in [1.82, 2.24) is 5.32 Å². The molecule has 22 heavy (non-hydrogen) atoms. The number of rotatable bonds is 5. The zero-order chi connectivity index (χ0) is 16.6. The molecule has 5 nitrogen and oxygen atoms in total. The smallest absolute Gasteiger partial charge is 0.416 e. The fourth-order valence-electron chi connectivity index (χ4n) is 1.50. The molecule has 0 unspecified atom stereocenters. The number of aliphatic imine (C=N–C) groups is 1. The van der Waals surface area contributed by atoms with E-state index in [1.165, 1.54) is 19.2 Å². The van der Waals surface area contributed by atoms with Gasteiger partial charge in [0.05, 0.1) is 25.3 Å². The molecule has 0 bridgehead atoms. The SMILES string of the molecule is CCOC(=NCCOC)NC(=O)c1cccc(C(F)(F)F)c1. The van der Waals surface area contributed by atoms with Crippen molar-refractivity contribution in [3.05, 3.63) is 35.4 Å². The Morgan fingerprint density at radius 2 is 2.09 bits per heavy atom. The van der Waals surface area contributed by atoms with Crippen molar-refractivity contribution in [3.8, 4) is 0 Å². The van der Waals surface area contributed by atoms with Crippen LogP contribution in [0.25, 0.3) is 0 Å². The summed E-state index contributed by atoms with van der Waals surface area (Å²) in [5.74, 6) is -0.726. The van der Waals surface area contributed by atoms with Gasteiger partial charge >= 0.3 is 6.18 Å². The van der Waals surface area contributed by atoms with Crippen molar-refractivity contribution in [2.75, 3.05) is 26.9 Å². The second-order valence-electron chi connectivity index (χ2n) is 4.15. The molecular formula is C14H17F3N2O3. The number of carbonyl (C=O) groups excluding carboxylic acids is 1. The molecule has 1 aromatic carbocycles. The largest absolute Gasteiger partial charge is 0.465 e. The normalized spacial score (nSPS) is 12.1. The highest BCUT2D eigenvalue weighted by molar-refractivity contribution is 6.04. The van der Waals surface area contributed by atoms with Crippen LogP contribution in [0.4, 0.5) is 13.2 Å². The third kappa shape index (κ3) is 5.72. The Hall–Kier alpha value is -2.09. The van der Waals surface area contributed by atoms with Gasteiger partial charge in [-0.3, -0.25) is 10.1 Å². The Bertz CT molecular complexity index is 530. The highest BCUT2D eigenvalue weighted by atomic mass is 19.4. The Morgan fingerprint density at radius 1 is 1.36 bits per heavy atom. The number of methoxy groups -OCH3 is 1. The van der Waals surface area contributed by atoms with Gasteiger partial charge in [-0.25, -0.2) is 4.99 Å². The minimum Gasteiger partial charge on any atom is -0.465 e. The first-order valence-corrected chi connectivity index (χ1v) is 6.53. The van der Waals surface area contributed by atoms with Crippen molar-refractivity contribution in [2.24, 2.45) is 4.99 Å². The molecule has 1 rings (SSSR count). The molecule has 1 N–H and O–H groups in total. The summed E-state index contributed by atoms with van der Waals surface area (Å²) in [4.78, 5) is 15.9. The predicted molar refractivity (Wildman–Crippen MR) is 74.7 cm³/mol. The molecule has 1 amide bonds. The van der Waals surface area contributed by atoms with Gasteiger partial charge in [0, 0.05) is 12.7 Å². The van der Waals surface area contributed by atoms with E-state index in [2.05, 4.69) is 10.3 Å². The first-order chi connectivity index (χ1) is 10.4.